The van der Waals surface area contributed by atoms with Crippen molar-refractivity contribution in [1.82, 2.24) is 29.9 Å². The Hall–Kier alpha value is -4.94. The Morgan fingerprint density at radius 3 is 2.65 bits per heavy atom. The molecule has 0 saturated carbocycles. The molecular formula is C24H21FN8O4. The standard InChI is InChI=1S/C24H21FN8O4/c25-15-8-19(24(37)30-16-2-4-20(34)27-10-16)32(11-15)21(35)12-33-18-3-1-13(14-5-6-28-29-9-14)7-17(18)22(31-33)23(26)36/h1-7,9-10,15,19H,8,11-12H2,(H2,26,36)(H,27,34)(H,30,37). The van der Waals surface area contributed by atoms with Gasteiger partial charge < -0.3 is 21.1 Å². The number of fused-ring (bicyclic) bond motifs is 1. The van der Waals surface area contributed by atoms with E-state index < -0.39 is 29.9 Å². The van der Waals surface area contributed by atoms with Crippen molar-refractivity contribution in [3.63, 3.8) is 0 Å². The van der Waals surface area contributed by atoms with Gasteiger partial charge in [0.05, 0.1) is 36.3 Å². The first-order chi connectivity index (χ1) is 17.8. The van der Waals surface area contributed by atoms with E-state index in [4.69, 9.17) is 5.73 Å². The zero-order valence-electron chi connectivity index (χ0n) is 19.3. The Morgan fingerprint density at radius 1 is 1.11 bits per heavy atom. The maximum atomic E-state index is 14.3. The van der Waals surface area contributed by atoms with E-state index in [9.17, 15) is 23.9 Å². The predicted octanol–water partition coefficient (Wildman–Crippen LogP) is 1.27. The van der Waals surface area contributed by atoms with Gasteiger partial charge in [0, 0.05) is 23.4 Å². The van der Waals surface area contributed by atoms with Crippen LogP contribution in [0.2, 0.25) is 0 Å². The first-order valence-electron chi connectivity index (χ1n) is 11.3. The third-order valence-electron chi connectivity index (χ3n) is 6.07. The Morgan fingerprint density at radius 2 is 1.95 bits per heavy atom. The van der Waals surface area contributed by atoms with Crippen LogP contribution >= 0.6 is 0 Å². The van der Waals surface area contributed by atoms with Crippen LogP contribution in [0.1, 0.15) is 16.9 Å². The van der Waals surface area contributed by atoms with E-state index in [1.807, 2.05) is 0 Å². The fourth-order valence-corrected chi connectivity index (χ4v) is 4.34. The number of hydrogen-bond acceptors (Lipinski definition) is 8. The van der Waals surface area contributed by atoms with Crippen molar-refractivity contribution in [3.8, 4) is 17.0 Å². The molecule has 37 heavy (non-hydrogen) atoms. The summed E-state index contributed by atoms with van der Waals surface area (Å²) >= 11 is 0. The van der Waals surface area contributed by atoms with Gasteiger partial charge in [-0.1, -0.05) is 6.07 Å². The molecule has 2 unspecified atom stereocenters. The minimum atomic E-state index is -1.38. The summed E-state index contributed by atoms with van der Waals surface area (Å²) in [5, 5.41) is 24.2. The molecule has 4 N–H and O–H groups in total. The van der Waals surface area contributed by atoms with E-state index in [0.29, 0.717) is 16.6 Å². The van der Waals surface area contributed by atoms with Crippen molar-refractivity contribution in [3.05, 3.63) is 60.7 Å². The van der Waals surface area contributed by atoms with Gasteiger partial charge >= 0.3 is 0 Å². The third kappa shape index (κ3) is 4.78. The van der Waals surface area contributed by atoms with E-state index in [0.717, 1.165) is 16.0 Å². The molecular weight excluding hydrogens is 483 g/mol. The van der Waals surface area contributed by atoms with E-state index in [1.54, 1.807) is 30.5 Å². The van der Waals surface area contributed by atoms with E-state index >= 15 is 0 Å². The molecule has 1 aliphatic rings. The molecule has 2 atom stereocenters. The number of primary amides is 1. The molecule has 0 spiro atoms. The van der Waals surface area contributed by atoms with Gasteiger partial charge in [-0.05, 0) is 29.8 Å². The Balaban J connectivity index is 1.40. The van der Waals surface area contributed by atoms with Crippen molar-refractivity contribution in [2.45, 2.75) is 25.2 Å². The lowest BCUT2D eigenvalue weighted by atomic mass is 10.0. The summed E-state index contributed by atoms with van der Waals surface area (Å²) in [6.07, 6.45) is 2.80. The highest BCUT2D eigenvalue weighted by Crippen LogP contribution is 2.27. The number of halogens is 1. The molecule has 1 aliphatic heterocycles. The molecule has 4 heterocycles. The number of aromatic hydroxyl groups is 1. The van der Waals surface area contributed by atoms with Crippen LogP contribution in [0.15, 0.2) is 55.0 Å². The summed E-state index contributed by atoms with van der Waals surface area (Å²) in [6.45, 7) is -0.594. The molecule has 13 heteroatoms. The number of rotatable bonds is 6. The molecule has 5 rings (SSSR count). The third-order valence-corrected chi connectivity index (χ3v) is 6.07. The number of nitrogens with zero attached hydrogens (tertiary/aromatic N) is 6. The average Bonchev–Trinajstić information content (AvgIpc) is 3.46. The number of amides is 3. The van der Waals surface area contributed by atoms with Crippen LogP contribution in [0, 0.1) is 0 Å². The highest BCUT2D eigenvalue weighted by Gasteiger charge is 2.40. The lowest BCUT2D eigenvalue weighted by Gasteiger charge is -2.23. The second kappa shape index (κ2) is 9.60. The number of pyridine rings is 1. The van der Waals surface area contributed by atoms with Crippen molar-refractivity contribution in [2.75, 3.05) is 11.9 Å². The normalized spacial score (nSPS) is 17.2. The first-order valence-corrected chi connectivity index (χ1v) is 11.3. The fraction of sp³-hybridized carbons (Fsp3) is 0.208. The van der Waals surface area contributed by atoms with Crippen molar-refractivity contribution >= 4 is 34.3 Å². The van der Waals surface area contributed by atoms with E-state index in [-0.39, 0.29) is 31.1 Å². The molecule has 1 fully saturated rings. The molecule has 0 radical (unpaired) electrons. The zero-order chi connectivity index (χ0) is 26.1. The Kier molecular flexibility index (Phi) is 6.17. The number of nitrogens with one attached hydrogen (secondary N) is 1. The number of carbonyl (C=O) groups excluding carboxylic acids is 3. The number of nitrogens with two attached hydrogens (primary N) is 1. The van der Waals surface area contributed by atoms with Crippen LogP contribution in [0.5, 0.6) is 5.88 Å². The van der Waals surface area contributed by atoms with Gasteiger partial charge in [0.1, 0.15) is 18.8 Å². The van der Waals surface area contributed by atoms with Crippen LogP contribution < -0.4 is 11.1 Å². The van der Waals surface area contributed by atoms with E-state index in [2.05, 4.69) is 25.6 Å². The molecule has 4 aromatic rings. The molecule has 0 bridgehead atoms. The largest absolute Gasteiger partial charge is 0.493 e. The SMILES string of the molecule is NC(=O)c1nn(CC(=O)N2CC(F)CC2C(=O)Nc2ccc(O)nc2)c2ccc(-c3ccnnc3)cc12. The molecule has 1 saturated heterocycles. The molecule has 3 aromatic heterocycles. The number of aromatic nitrogens is 5. The quantitative estimate of drug-likeness (QED) is 0.353. The van der Waals surface area contributed by atoms with Gasteiger partial charge in [-0.2, -0.15) is 15.3 Å². The highest BCUT2D eigenvalue weighted by molar-refractivity contribution is 6.05. The number of hydrogen-bond donors (Lipinski definition) is 3. The van der Waals surface area contributed by atoms with Gasteiger partial charge in [0.2, 0.25) is 17.7 Å². The van der Waals surface area contributed by atoms with Crippen LogP contribution in [0.25, 0.3) is 22.0 Å². The second-order valence-electron chi connectivity index (χ2n) is 8.52. The molecule has 0 aliphatic carbocycles. The van der Waals surface area contributed by atoms with Crippen LogP contribution in [0.4, 0.5) is 10.1 Å². The molecule has 12 nitrogen and oxygen atoms in total. The maximum Gasteiger partial charge on any atom is 0.269 e. The van der Waals surface area contributed by atoms with Gasteiger partial charge in [-0.25, -0.2) is 9.37 Å². The van der Waals surface area contributed by atoms with Crippen molar-refractivity contribution in [2.24, 2.45) is 5.73 Å². The summed E-state index contributed by atoms with van der Waals surface area (Å²) in [6, 6.07) is 8.62. The summed E-state index contributed by atoms with van der Waals surface area (Å²) in [4.78, 5) is 43.0. The number of anilines is 1. The average molecular weight is 504 g/mol. The molecule has 3 amide bonds. The topological polar surface area (TPSA) is 169 Å². The summed E-state index contributed by atoms with van der Waals surface area (Å²) in [7, 11) is 0. The van der Waals surface area contributed by atoms with Crippen LogP contribution in [0.3, 0.4) is 0 Å². The summed E-state index contributed by atoms with van der Waals surface area (Å²) < 4.78 is 15.6. The summed E-state index contributed by atoms with van der Waals surface area (Å²) in [5.41, 5.74) is 7.79. The fourth-order valence-electron chi connectivity index (χ4n) is 4.34. The Bertz CT molecular complexity index is 1490. The zero-order valence-corrected chi connectivity index (χ0v) is 19.3. The minimum Gasteiger partial charge on any atom is -0.493 e. The van der Waals surface area contributed by atoms with Gasteiger partial charge in [0.25, 0.3) is 5.91 Å². The second-order valence-corrected chi connectivity index (χ2v) is 8.52. The van der Waals surface area contributed by atoms with E-state index in [1.165, 1.54) is 29.2 Å². The number of alkyl halides is 1. The summed E-state index contributed by atoms with van der Waals surface area (Å²) in [5.74, 6) is -2.12. The number of likely N-dealkylation sites (tertiary alicyclic amines) is 1. The number of carbonyl (C=O) groups is 3. The lowest BCUT2D eigenvalue weighted by molar-refractivity contribution is -0.137. The predicted molar refractivity (Wildman–Crippen MR) is 129 cm³/mol. The van der Waals surface area contributed by atoms with Crippen LogP contribution in [-0.4, -0.2) is 71.4 Å². The maximum absolute atomic E-state index is 14.3. The van der Waals surface area contributed by atoms with Gasteiger partial charge in [-0.15, -0.1) is 0 Å². The molecule has 1 aromatic carbocycles. The first kappa shape index (κ1) is 23.8. The molecule has 188 valence electrons. The van der Waals surface area contributed by atoms with Crippen molar-refractivity contribution in [1.29, 1.82) is 0 Å². The van der Waals surface area contributed by atoms with Gasteiger partial charge in [-0.3, -0.25) is 19.1 Å². The lowest BCUT2D eigenvalue weighted by Crippen LogP contribution is -2.44. The highest BCUT2D eigenvalue weighted by atomic mass is 19.1. The van der Waals surface area contributed by atoms with Crippen LogP contribution in [-0.2, 0) is 16.1 Å². The van der Waals surface area contributed by atoms with Crippen molar-refractivity contribution < 1.29 is 23.9 Å². The smallest absolute Gasteiger partial charge is 0.269 e. The van der Waals surface area contributed by atoms with Gasteiger partial charge in [0.15, 0.2) is 5.69 Å². The monoisotopic (exact) mass is 504 g/mol. The minimum absolute atomic E-state index is 0.0226. The Labute approximate surface area is 208 Å². The number of benzene rings is 1.